The maximum atomic E-state index is 12.4. The number of nitrogens with two attached hydrogens (primary N) is 1. The largest absolute Gasteiger partial charge is 0.323 e. The highest BCUT2D eigenvalue weighted by atomic mass is 32.2. The fraction of sp³-hybridized carbons (Fsp3) is 0.444. The van der Waals surface area contributed by atoms with Crippen LogP contribution >= 0.6 is 0 Å². The standard InChI is InChI=1S/C9H14N4O3S2/c10-12-8-1-2-11-7-9(8)18(15,16)13-3-5-17(14)6-4-13/h1-2,7H,3-6,10H2,(H,11,12). The van der Waals surface area contributed by atoms with Crippen molar-refractivity contribution in [2.45, 2.75) is 4.90 Å². The Morgan fingerprint density at radius 1 is 1.39 bits per heavy atom. The number of hydrogen-bond donors (Lipinski definition) is 2. The summed E-state index contributed by atoms with van der Waals surface area (Å²) in [6.45, 7) is 0.516. The zero-order valence-corrected chi connectivity index (χ0v) is 11.2. The molecule has 1 aromatic heterocycles. The van der Waals surface area contributed by atoms with Crippen molar-refractivity contribution in [2.24, 2.45) is 5.84 Å². The van der Waals surface area contributed by atoms with Gasteiger partial charge in [0.1, 0.15) is 4.90 Å². The van der Waals surface area contributed by atoms with Crippen LogP contribution in [0.4, 0.5) is 5.69 Å². The molecule has 7 nitrogen and oxygen atoms in total. The van der Waals surface area contributed by atoms with E-state index in [2.05, 4.69) is 10.4 Å². The van der Waals surface area contributed by atoms with Crippen LogP contribution in [0.25, 0.3) is 0 Å². The molecule has 18 heavy (non-hydrogen) atoms. The molecule has 1 aromatic rings. The molecular formula is C9H14N4O3S2. The first-order valence-corrected chi connectivity index (χ1v) is 8.24. The normalized spacial score (nSPS) is 18.7. The summed E-state index contributed by atoms with van der Waals surface area (Å²) in [6.07, 6.45) is 2.72. The second-order valence-corrected chi connectivity index (χ2v) is 7.37. The van der Waals surface area contributed by atoms with Gasteiger partial charge in [0, 0.05) is 47.8 Å². The van der Waals surface area contributed by atoms with Crippen LogP contribution in [0.5, 0.6) is 0 Å². The second-order valence-electron chi connectivity index (χ2n) is 3.77. The first-order chi connectivity index (χ1) is 8.55. The Morgan fingerprint density at radius 3 is 2.67 bits per heavy atom. The van der Waals surface area contributed by atoms with Crippen molar-refractivity contribution in [1.82, 2.24) is 9.29 Å². The van der Waals surface area contributed by atoms with Crippen LogP contribution in [0.1, 0.15) is 0 Å². The lowest BCUT2D eigenvalue weighted by Gasteiger charge is -2.26. The molecule has 1 aliphatic rings. The van der Waals surface area contributed by atoms with Crippen molar-refractivity contribution in [1.29, 1.82) is 0 Å². The number of aromatic nitrogens is 1. The van der Waals surface area contributed by atoms with E-state index in [-0.39, 0.29) is 18.0 Å². The van der Waals surface area contributed by atoms with Gasteiger partial charge in [0.25, 0.3) is 0 Å². The topological polar surface area (TPSA) is 105 Å². The molecule has 0 aromatic carbocycles. The van der Waals surface area contributed by atoms with E-state index in [1.807, 2.05) is 0 Å². The van der Waals surface area contributed by atoms with Gasteiger partial charge in [0.05, 0.1) is 5.69 Å². The first kappa shape index (κ1) is 13.4. The minimum atomic E-state index is -3.63. The van der Waals surface area contributed by atoms with Gasteiger partial charge in [-0.2, -0.15) is 4.31 Å². The molecule has 0 spiro atoms. The zero-order chi connectivity index (χ0) is 13.2. The maximum absolute atomic E-state index is 12.4. The highest BCUT2D eigenvalue weighted by molar-refractivity contribution is 7.89. The Bertz CT molecular complexity index is 551. The van der Waals surface area contributed by atoms with E-state index in [4.69, 9.17) is 5.84 Å². The van der Waals surface area contributed by atoms with E-state index >= 15 is 0 Å². The number of hydrazine groups is 1. The molecule has 2 rings (SSSR count). The number of nitrogens with zero attached hydrogens (tertiary/aromatic N) is 2. The summed E-state index contributed by atoms with van der Waals surface area (Å²) in [5.74, 6) is 6.02. The van der Waals surface area contributed by atoms with Crippen molar-refractivity contribution < 1.29 is 12.6 Å². The van der Waals surface area contributed by atoms with Crippen LogP contribution in [0, 0.1) is 0 Å². The molecule has 100 valence electrons. The van der Waals surface area contributed by atoms with E-state index < -0.39 is 20.8 Å². The van der Waals surface area contributed by atoms with Gasteiger partial charge >= 0.3 is 0 Å². The summed E-state index contributed by atoms with van der Waals surface area (Å²) in [7, 11) is -4.56. The monoisotopic (exact) mass is 290 g/mol. The molecule has 0 atom stereocenters. The fourth-order valence-corrected chi connectivity index (χ4v) is 4.53. The molecule has 9 heteroatoms. The average Bonchev–Trinajstić information content (AvgIpc) is 2.39. The number of rotatable bonds is 3. The molecule has 0 amide bonds. The Kier molecular flexibility index (Phi) is 3.95. The summed E-state index contributed by atoms with van der Waals surface area (Å²) in [5.41, 5.74) is 2.65. The number of pyridine rings is 1. The van der Waals surface area contributed by atoms with E-state index in [9.17, 15) is 12.6 Å². The molecule has 1 fully saturated rings. The molecule has 0 saturated carbocycles. The van der Waals surface area contributed by atoms with Gasteiger partial charge in [-0.15, -0.1) is 0 Å². The maximum Gasteiger partial charge on any atom is 0.246 e. The van der Waals surface area contributed by atoms with Crippen LogP contribution in [0.15, 0.2) is 23.4 Å². The molecule has 0 unspecified atom stereocenters. The Hall–Kier alpha value is -1.03. The third-order valence-electron chi connectivity index (χ3n) is 2.69. The first-order valence-electron chi connectivity index (χ1n) is 5.31. The molecule has 2 heterocycles. The molecule has 1 saturated heterocycles. The fourth-order valence-electron chi connectivity index (χ4n) is 1.71. The number of nitrogens with one attached hydrogen (secondary N) is 1. The van der Waals surface area contributed by atoms with Gasteiger partial charge in [-0.1, -0.05) is 0 Å². The van der Waals surface area contributed by atoms with Gasteiger partial charge in [-0.3, -0.25) is 15.0 Å². The third-order valence-corrected chi connectivity index (χ3v) is 5.90. The van der Waals surface area contributed by atoms with Gasteiger partial charge in [0.2, 0.25) is 10.0 Å². The summed E-state index contributed by atoms with van der Waals surface area (Å²) in [5, 5.41) is 0. The minimum Gasteiger partial charge on any atom is -0.323 e. The van der Waals surface area contributed by atoms with E-state index in [0.29, 0.717) is 17.2 Å². The summed E-state index contributed by atoms with van der Waals surface area (Å²) in [6, 6.07) is 1.50. The van der Waals surface area contributed by atoms with Crippen LogP contribution in [0.2, 0.25) is 0 Å². The van der Waals surface area contributed by atoms with Crippen LogP contribution in [0.3, 0.4) is 0 Å². The van der Waals surface area contributed by atoms with Crippen molar-refractivity contribution in [2.75, 3.05) is 30.0 Å². The number of sulfonamides is 1. The lowest BCUT2D eigenvalue weighted by Crippen LogP contribution is -2.42. The molecular weight excluding hydrogens is 276 g/mol. The molecule has 3 N–H and O–H groups in total. The summed E-state index contributed by atoms with van der Waals surface area (Å²) >= 11 is 0. The van der Waals surface area contributed by atoms with Crippen LogP contribution in [-0.2, 0) is 20.8 Å². The van der Waals surface area contributed by atoms with Crippen molar-refractivity contribution >= 4 is 26.5 Å². The number of anilines is 1. The van der Waals surface area contributed by atoms with Crippen LogP contribution < -0.4 is 11.3 Å². The number of hydrogen-bond acceptors (Lipinski definition) is 6. The smallest absolute Gasteiger partial charge is 0.246 e. The Morgan fingerprint density at radius 2 is 2.06 bits per heavy atom. The minimum absolute atomic E-state index is 0.0418. The Balaban J connectivity index is 2.33. The van der Waals surface area contributed by atoms with Gasteiger partial charge in [0.15, 0.2) is 0 Å². The SMILES string of the molecule is NNc1ccncc1S(=O)(=O)N1CCS(=O)CC1. The van der Waals surface area contributed by atoms with Crippen molar-refractivity contribution in [3.8, 4) is 0 Å². The molecule has 0 bridgehead atoms. The zero-order valence-electron chi connectivity index (χ0n) is 9.57. The highest BCUT2D eigenvalue weighted by Crippen LogP contribution is 2.23. The molecule has 1 aliphatic heterocycles. The lowest BCUT2D eigenvalue weighted by molar-refractivity contribution is 0.438. The van der Waals surface area contributed by atoms with E-state index in [0.717, 1.165) is 0 Å². The average molecular weight is 290 g/mol. The van der Waals surface area contributed by atoms with Gasteiger partial charge < -0.3 is 5.43 Å². The lowest BCUT2D eigenvalue weighted by atomic mass is 10.4. The van der Waals surface area contributed by atoms with Crippen molar-refractivity contribution in [3.63, 3.8) is 0 Å². The Labute approximate surface area is 108 Å². The molecule has 0 radical (unpaired) electrons. The predicted octanol–water partition coefficient (Wildman–Crippen LogP) is -0.880. The van der Waals surface area contributed by atoms with Crippen LogP contribution in [-0.4, -0.2) is 46.5 Å². The number of nitrogen functional groups attached to an aromatic ring is 1. The van der Waals surface area contributed by atoms with Crippen molar-refractivity contribution in [3.05, 3.63) is 18.5 Å². The second kappa shape index (κ2) is 5.31. The quantitative estimate of drug-likeness (QED) is 0.553. The predicted molar refractivity (Wildman–Crippen MR) is 68.7 cm³/mol. The summed E-state index contributed by atoms with van der Waals surface area (Å²) in [4.78, 5) is 3.85. The van der Waals surface area contributed by atoms with Gasteiger partial charge in [-0.25, -0.2) is 8.42 Å². The highest BCUT2D eigenvalue weighted by Gasteiger charge is 2.30. The summed E-state index contributed by atoms with van der Waals surface area (Å²) < 4.78 is 37.3. The van der Waals surface area contributed by atoms with Gasteiger partial charge in [-0.05, 0) is 6.07 Å². The molecule has 0 aliphatic carbocycles. The van der Waals surface area contributed by atoms with E-state index in [1.165, 1.54) is 22.8 Å². The van der Waals surface area contributed by atoms with E-state index in [1.54, 1.807) is 0 Å². The third kappa shape index (κ3) is 2.53.